The van der Waals surface area contributed by atoms with Gasteiger partial charge in [0, 0.05) is 0 Å². The van der Waals surface area contributed by atoms with Crippen LogP contribution in [0, 0.1) is 0 Å². The maximum Gasteiger partial charge on any atom is 0.0780 e. The number of hydrogen-bond donors (Lipinski definition) is 0. The summed E-state index contributed by atoms with van der Waals surface area (Å²) in [5, 5.41) is 0. The fraction of sp³-hybridized carbons (Fsp3) is 1.00. The third kappa shape index (κ3) is 45.2. The van der Waals surface area contributed by atoms with E-state index in [1.807, 2.05) is 26.0 Å². The molecule has 0 rings (SSSR count). The van der Waals surface area contributed by atoms with Crippen molar-refractivity contribution in [3.63, 3.8) is 0 Å². The molecule has 2 nitrogen and oxygen atoms in total. The van der Waals surface area contributed by atoms with E-state index < -0.39 is 0 Å². The van der Waals surface area contributed by atoms with Crippen molar-refractivity contribution < 1.29 is 28.5 Å². The summed E-state index contributed by atoms with van der Waals surface area (Å²) < 4.78 is 1.12. The second-order valence-corrected chi connectivity index (χ2v) is 7.89. The summed E-state index contributed by atoms with van der Waals surface area (Å²) in [6.45, 7) is 3.62. The zero-order chi connectivity index (χ0) is 16.6. The van der Waals surface area contributed by atoms with Crippen LogP contribution < -0.4 is 24.0 Å². The molecule has 0 fully saturated rings. The van der Waals surface area contributed by atoms with Gasteiger partial charge < -0.3 is 33.4 Å². The van der Waals surface area contributed by atoms with Gasteiger partial charge in [0.1, 0.15) is 0 Å². The molecule has 4 heteroatoms. The van der Waals surface area contributed by atoms with Crippen molar-refractivity contribution >= 4 is 24.0 Å². The molecule has 0 radical (unpaired) electrons. The Labute approximate surface area is 182 Å². The zero-order valence-electron chi connectivity index (χ0n) is 17.2. The van der Waals surface area contributed by atoms with Crippen LogP contribution in [0.25, 0.3) is 0 Å². The number of nitrogens with zero attached hydrogens (tertiary/aromatic N) is 2. The van der Waals surface area contributed by atoms with Gasteiger partial charge >= 0.3 is 0 Å². The monoisotopic (exact) mass is 556 g/mol. The summed E-state index contributed by atoms with van der Waals surface area (Å²) >= 11 is 0. The van der Waals surface area contributed by atoms with Crippen LogP contribution in [-0.4, -0.2) is 58.2 Å². The molecular weight excluding hydrogens is 510 g/mol. The van der Waals surface area contributed by atoms with Gasteiger partial charge in [-0.05, 0) is 34.0 Å². The number of unbranched alkanes of at least 4 members (excludes halogenated alkanes) is 10. The van der Waals surface area contributed by atoms with E-state index in [0.29, 0.717) is 0 Å². The lowest BCUT2D eigenvalue weighted by molar-refractivity contribution is -0.870. The first-order valence-electron chi connectivity index (χ1n) is 9.21. The van der Waals surface area contributed by atoms with Gasteiger partial charge in [0.05, 0.1) is 27.7 Å². The summed E-state index contributed by atoms with van der Waals surface area (Å²) in [7, 11) is 12.9. The second kappa shape index (κ2) is 23.4. The van der Waals surface area contributed by atoms with Crippen LogP contribution in [0.2, 0.25) is 0 Å². The van der Waals surface area contributed by atoms with Crippen LogP contribution in [0.5, 0.6) is 0 Å². The Morgan fingerprint density at radius 1 is 0.609 bits per heavy atom. The molecule has 0 spiro atoms. The van der Waals surface area contributed by atoms with E-state index in [0.717, 1.165) is 4.48 Å². The molecule has 0 aromatic heterocycles. The Balaban J connectivity index is -0.000000268. The molecule has 23 heavy (non-hydrogen) atoms. The van der Waals surface area contributed by atoms with Crippen molar-refractivity contribution in [2.75, 3.05) is 48.8 Å². The van der Waals surface area contributed by atoms with Gasteiger partial charge in [0.25, 0.3) is 0 Å². The average Bonchev–Trinajstić information content (AvgIpc) is 2.34. The Morgan fingerprint density at radius 2 is 0.870 bits per heavy atom. The molecule has 146 valence electrons. The molecule has 0 aliphatic carbocycles. The van der Waals surface area contributed by atoms with Crippen molar-refractivity contribution in [2.24, 2.45) is 0 Å². The quantitative estimate of drug-likeness (QED) is 0.203. The second-order valence-electron chi connectivity index (χ2n) is 7.89. The van der Waals surface area contributed by atoms with Crippen LogP contribution in [-0.2, 0) is 0 Å². The third-order valence-corrected chi connectivity index (χ3v) is 3.43. The molecule has 0 aromatic rings. The summed E-state index contributed by atoms with van der Waals surface area (Å²) in [6, 6.07) is 0. The first-order chi connectivity index (χ1) is 9.79. The minimum Gasteiger partial charge on any atom is -1.00 e. The lowest BCUT2D eigenvalue weighted by Crippen LogP contribution is -3.00. The van der Waals surface area contributed by atoms with E-state index in [1.54, 1.807) is 0 Å². The van der Waals surface area contributed by atoms with Crippen molar-refractivity contribution in [3.8, 4) is 0 Å². The number of halogens is 2. The van der Waals surface area contributed by atoms with Gasteiger partial charge in [0.15, 0.2) is 0 Å². The Bertz CT molecular complexity index is 190. The first kappa shape index (κ1) is 32.1. The molecule has 0 aromatic carbocycles. The maximum absolute atomic E-state index is 2.29. The van der Waals surface area contributed by atoms with Gasteiger partial charge in [-0.2, -0.15) is 0 Å². The fourth-order valence-corrected chi connectivity index (χ4v) is 2.25. The minimum absolute atomic E-state index is 0. The Kier molecular flexibility index (Phi) is 32.6. The van der Waals surface area contributed by atoms with Gasteiger partial charge in [0.2, 0.25) is 0 Å². The predicted octanol–water partition coefficient (Wildman–Crippen LogP) is 2.80. The van der Waals surface area contributed by atoms with E-state index in [9.17, 15) is 0 Å². The van der Waals surface area contributed by atoms with Crippen molar-refractivity contribution in [3.05, 3.63) is 0 Å². The van der Waals surface area contributed by atoms with Crippen molar-refractivity contribution in [1.82, 2.24) is 4.90 Å². The third-order valence-electron chi connectivity index (χ3n) is 3.43. The smallest absolute Gasteiger partial charge is 0.0780 e. The van der Waals surface area contributed by atoms with Gasteiger partial charge in [-0.15, -0.1) is 24.0 Å². The molecule has 0 aliphatic heterocycles. The summed E-state index contributed by atoms with van der Waals surface area (Å²) in [4.78, 5) is 2.00. The number of quaternary nitrogens is 1. The molecule has 0 amide bonds. The molecule has 0 bridgehead atoms. The molecular formula is C19H46I2N2. The highest BCUT2D eigenvalue weighted by molar-refractivity contribution is 14.0. The highest BCUT2D eigenvalue weighted by Crippen LogP contribution is 2.11. The van der Waals surface area contributed by atoms with Crippen molar-refractivity contribution in [1.29, 1.82) is 0 Å². The van der Waals surface area contributed by atoms with E-state index >= 15 is 0 Å². The molecule has 0 saturated carbocycles. The van der Waals surface area contributed by atoms with Crippen LogP contribution in [0.15, 0.2) is 0 Å². The van der Waals surface area contributed by atoms with Gasteiger partial charge in [-0.25, -0.2) is 0 Å². The maximum atomic E-state index is 2.29. The van der Waals surface area contributed by atoms with Crippen LogP contribution in [0.1, 0.15) is 77.6 Å². The molecule has 0 saturated heterocycles. The normalized spacial score (nSPS) is 10.4. The molecule has 0 N–H and O–H groups in total. The Morgan fingerprint density at radius 3 is 1.13 bits per heavy atom. The zero-order valence-corrected chi connectivity index (χ0v) is 21.7. The minimum atomic E-state index is 0. The SMILES string of the molecule is CCCCCCCCCCCCC[N+](C)(C)C.CN(C)C.I.[I-]. The summed E-state index contributed by atoms with van der Waals surface area (Å²) in [5.74, 6) is 0. The lowest BCUT2D eigenvalue weighted by Gasteiger charge is -2.23. The van der Waals surface area contributed by atoms with Crippen molar-refractivity contribution in [2.45, 2.75) is 77.6 Å². The van der Waals surface area contributed by atoms with E-state index in [4.69, 9.17) is 0 Å². The number of rotatable bonds is 12. The molecule has 0 atom stereocenters. The average molecular weight is 556 g/mol. The fourth-order valence-electron chi connectivity index (χ4n) is 2.25. The molecule has 0 aliphatic rings. The number of hydrogen-bond acceptors (Lipinski definition) is 1. The van der Waals surface area contributed by atoms with E-state index in [1.165, 1.54) is 77.2 Å². The summed E-state index contributed by atoms with van der Waals surface area (Å²) in [6.07, 6.45) is 15.9. The topological polar surface area (TPSA) is 3.24 Å². The van der Waals surface area contributed by atoms with Gasteiger partial charge in [-0.1, -0.05) is 64.7 Å². The standard InChI is InChI=1S/C16H36N.C3H9N.2HI/c1-5-6-7-8-9-10-11-12-13-14-15-16-17(2,3)4;1-4(2)3;;/h5-16H2,1-4H3;1-3H3;2*1H/q+1;;;/p-1. The predicted molar refractivity (Wildman–Crippen MR) is 114 cm³/mol. The Hall–Kier alpha value is 1.38. The summed E-state index contributed by atoms with van der Waals surface area (Å²) in [5.41, 5.74) is 0. The van der Waals surface area contributed by atoms with Crippen LogP contribution in [0.4, 0.5) is 0 Å². The highest BCUT2D eigenvalue weighted by Gasteiger charge is 2.04. The molecule has 0 unspecified atom stereocenters. The highest BCUT2D eigenvalue weighted by atomic mass is 127. The lowest BCUT2D eigenvalue weighted by atomic mass is 10.1. The van der Waals surface area contributed by atoms with E-state index in [-0.39, 0.29) is 48.0 Å². The van der Waals surface area contributed by atoms with Crippen LogP contribution in [0.3, 0.4) is 0 Å². The van der Waals surface area contributed by atoms with Crippen LogP contribution >= 0.6 is 24.0 Å². The first-order valence-corrected chi connectivity index (χ1v) is 9.21. The molecule has 0 heterocycles. The largest absolute Gasteiger partial charge is 1.00 e. The van der Waals surface area contributed by atoms with Gasteiger partial charge in [-0.3, -0.25) is 0 Å². The van der Waals surface area contributed by atoms with E-state index in [2.05, 4.69) is 28.1 Å².